The van der Waals surface area contributed by atoms with Crippen LogP contribution >= 0.6 is 0 Å². The molecule has 7 heteroatoms. The molecule has 1 saturated carbocycles. The number of carbonyl (C=O) groups excluding carboxylic acids is 2. The van der Waals surface area contributed by atoms with Crippen molar-refractivity contribution < 1.29 is 19.1 Å². The van der Waals surface area contributed by atoms with E-state index in [1.54, 1.807) is 37.7 Å². The SMILES string of the molecule is CC[C@@H](NC(=O)c1cc(OC)ccc1OC1CCN(C(=O)C2CC2)CC1)c1ccncc1. The van der Waals surface area contributed by atoms with Gasteiger partial charge in [0.15, 0.2) is 0 Å². The molecule has 2 heterocycles. The standard InChI is InChI=1S/C25H31N3O4/c1-3-22(17-8-12-26-13-9-17)27-24(29)21-16-20(31-2)6-7-23(21)32-19-10-14-28(15-11-19)25(30)18-4-5-18/h6-9,12-13,16,18-19,22H,3-5,10-11,14-15H2,1-2H3,(H,27,29)/t22-/m1/s1. The predicted octanol–water partition coefficient (Wildman–Crippen LogP) is 3.75. The number of aromatic nitrogens is 1. The summed E-state index contributed by atoms with van der Waals surface area (Å²) in [4.78, 5) is 31.5. The number of ether oxygens (including phenoxy) is 2. The van der Waals surface area contributed by atoms with Crippen LogP contribution in [0.3, 0.4) is 0 Å². The van der Waals surface area contributed by atoms with Crippen LogP contribution < -0.4 is 14.8 Å². The smallest absolute Gasteiger partial charge is 0.255 e. The van der Waals surface area contributed by atoms with Gasteiger partial charge in [0.1, 0.15) is 17.6 Å². The Balaban J connectivity index is 1.45. The first-order valence-electron chi connectivity index (χ1n) is 11.4. The Morgan fingerprint density at radius 1 is 1.12 bits per heavy atom. The normalized spacial score (nSPS) is 17.5. The molecule has 1 saturated heterocycles. The number of nitrogens with one attached hydrogen (secondary N) is 1. The summed E-state index contributed by atoms with van der Waals surface area (Å²) in [6.07, 6.45) is 7.76. The first-order valence-corrected chi connectivity index (χ1v) is 11.4. The third kappa shape index (κ3) is 5.21. The summed E-state index contributed by atoms with van der Waals surface area (Å²) in [6.45, 7) is 3.44. The predicted molar refractivity (Wildman–Crippen MR) is 121 cm³/mol. The molecule has 0 bridgehead atoms. The number of nitrogens with zero attached hydrogens (tertiary/aromatic N) is 2. The molecule has 0 spiro atoms. The Morgan fingerprint density at radius 2 is 1.84 bits per heavy atom. The highest BCUT2D eigenvalue weighted by Gasteiger charge is 2.35. The number of likely N-dealkylation sites (tertiary alicyclic amines) is 1. The van der Waals surface area contributed by atoms with Crippen molar-refractivity contribution in [3.8, 4) is 11.5 Å². The molecule has 1 aliphatic carbocycles. The van der Waals surface area contributed by atoms with E-state index in [1.807, 2.05) is 24.0 Å². The van der Waals surface area contributed by atoms with Gasteiger partial charge in [-0.3, -0.25) is 14.6 Å². The van der Waals surface area contributed by atoms with Crippen molar-refractivity contribution in [2.45, 2.75) is 51.2 Å². The Morgan fingerprint density at radius 3 is 2.47 bits per heavy atom. The number of carbonyl (C=O) groups is 2. The molecular formula is C25H31N3O4. The second kappa shape index (κ2) is 10.0. The van der Waals surface area contributed by atoms with E-state index in [-0.39, 0.29) is 29.9 Å². The maximum absolute atomic E-state index is 13.2. The molecule has 2 aromatic rings. The van der Waals surface area contributed by atoms with Crippen LogP contribution in [-0.2, 0) is 4.79 Å². The van der Waals surface area contributed by atoms with Crippen molar-refractivity contribution >= 4 is 11.8 Å². The Kier molecular flexibility index (Phi) is 6.93. The van der Waals surface area contributed by atoms with Gasteiger partial charge in [-0.1, -0.05) is 6.92 Å². The molecule has 1 aromatic heterocycles. The number of amides is 2. The fourth-order valence-electron chi connectivity index (χ4n) is 4.13. The minimum Gasteiger partial charge on any atom is -0.497 e. The van der Waals surface area contributed by atoms with E-state index in [9.17, 15) is 9.59 Å². The molecule has 2 amide bonds. The van der Waals surface area contributed by atoms with Crippen LogP contribution in [0.5, 0.6) is 11.5 Å². The molecule has 0 radical (unpaired) electrons. The molecular weight excluding hydrogens is 406 g/mol. The van der Waals surface area contributed by atoms with Gasteiger partial charge in [0.25, 0.3) is 5.91 Å². The van der Waals surface area contributed by atoms with E-state index >= 15 is 0 Å². The van der Waals surface area contributed by atoms with Crippen LogP contribution in [-0.4, -0.2) is 48.0 Å². The summed E-state index contributed by atoms with van der Waals surface area (Å²) in [6, 6.07) is 9.01. The maximum atomic E-state index is 13.2. The van der Waals surface area contributed by atoms with Crippen molar-refractivity contribution in [1.82, 2.24) is 15.2 Å². The van der Waals surface area contributed by atoms with Gasteiger partial charge in [-0.15, -0.1) is 0 Å². The van der Waals surface area contributed by atoms with Gasteiger partial charge in [0.2, 0.25) is 5.91 Å². The Labute approximate surface area is 189 Å². The van der Waals surface area contributed by atoms with E-state index in [4.69, 9.17) is 9.47 Å². The third-order valence-corrected chi connectivity index (χ3v) is 6.23. The van der Waals surface area contributed by atoms with E-state index in [0.29, 0.717) is 30.2 Å². The lowest BCUT2D eigenvalue weighted by Gasteiger charge is -2.32. The first-order chi connectivity index (χ1) is 15.6. The number of rotatable bonds is 8. The van der Waals surface area contributed by atoms with Crippen molar-refractivity contribution in [2.75, 3.05) is 20.2 Å². The van der Waals surface area contributed by atoms with Crippen molar-refractivity contribution in [3.63, 3.8) is 0 Å². The zero-order chi connectivity index (χ0) is 22.5. The van der Waals surface area contributed by atoms with Crippen molar-refractivity contribution in [3.05, 3.63) is 53.9 Å². The lowest BCUT2D eigenvalue weighted by atomic mass is 10.0. The van der Waals surface area contributed by atoms with Crippen LogP contribution in [0.15, 0.2) is 42.7 Å². The van der Waals surface area contributed by atoms with E-state index in [0.717, 1.165) is 37.7 Å². The number of hydrogen-bond donors (Lipinski definition) is 1. The van der Waals surface area contributed by atoms with E-state index in [1.165, 1.54) is 0 Å². The first kappa shape index (κ1) is 22.1. The minimum atomic E-state index is -0.205. The molecule has 7 nitrogen and oxygen atoms in total. The van der Waals surface area contributed by atoms with Crippen LogP contribution in [0.2, 0.25) is 0 Å². The topological polar surface area (TPSA) is 80.8 Å². The fourth-order valence-corrected chi connectivity index (χ4v) is 4.13. The van der Waals surface area contributed by atoms with Crippen LogP contribution in [0.1, 0.15) is 61.0 Å². The van der Waals surface area contributed by atoms with Gasteiger partial charge in [0.05, 0.1) is 18.7 Å². The molecule has 1 atom stereocenters. The summed E-state index contributed by atoms with van der Waals surface area (Å²) in [5, 5.41) is 3.11. The highest BCUT2D eigenvalue weighted by molar-refractivity contribution is 5.97. The Hall–Kier alpha value is -3.09. The van der Waals surface area contributed by atoms with Gasteiger partial charge in [-0.2, -0.15) is 0 Å². The molecule has 1 N–H and O–H groups in total. The Bertz CT molecular complexity index is 937. The molecule has 2 aliphatic rings. The fraction of sp³-hybridized carbons (Fsp3) is 0.480. The zero-order valence-corrected chi connectivity index (χ0v) is 18.8. The van der Waals surface area contributed by atoms with Gasteiger partial charge in [-0.05, 0) is 55.2 Å². The second-order valence-electron chi connectivity index (χ2n) is 8.49. The number of hydrogen-bond acceptors (Lipinski definition) is 5. The molecule has 32 heavy (non-hydrogen) atoms. The van der Waals surface area contributed by atoms with Crippen LogP contribution in [0, 0.1) is 5.92 Å². The van der Waals surface area contributed by atoms with Gasteiger partial charge < -0.3 is 19.7 Å². The minimum absolute atomic E-state index is 0.0274. The maximum Gasteiger partial charge on any atom is 0.255 e. The van der Waals surface area contributed by atoms with Crippen molar-refractivity contribution in [2.24, 2.45) is 5.92 Å². The van der Waals surface area contributed by atoms with Gasteiger partial charge in [-0.25, -0.2) is 0 Å². The summed E-state index contributed by atoms with van der Waals surface area (Å²) >= 11 is 0. The number of piperidine rings is 1. The largest absolute Gasteiger partial charge is 0.497 e. The van der Waals surface area contributed by atoms with E-state index < -0.39 is 0 Å². The average molecular weight is 438 g/mol. The average Bonchev–Trinajstić information content (AvgIpc) is 3.69. The molecule has 2 fully saturated rings. The summed E-state index contributed by atoms with van der Waals surface area (Å²) in [7, 11) is 1.58. The number of pyridine rings is 1. The molecule has 1 aliphatic heterocycles. The monoisotopic (exact) mass is 437 g/mol. The molecule has 170 valence electrons. The lowest BCUT2D eigenvalue weighted by Crippen LogP contribution is -2.42. The lowest BCUT2D eigenvalue weighted by molar-refractivity contribution is -0.134. The number of benzene rings is 1. The third-order valence-electron chi connectivity index (χ3n) is 6.23. The molecule has 0 unspecified atom stereocenters. The van der Waals surface area contributed by atoms with Crippen molar-refractivity contribution in [1.29, 1.82) is 0 Å². The summed E-state index contributed by atoms with van der Waals surface area (Å²) < 4.78 is 11.6. The zero-order valence-electron chi connectivity index (χ0n) is 18.8. The second-order valence-corrected chi connectivity index (χ2v) is 8.49. The van der Waals surface area contributed by atoms with Gasteiger partial charge >= 0.3 is 0 Å². The molecule has 1 aromatic carbocycles. The van der Waals surface area contributed by atoms with Crippen LogP contribution in [0.4, 0.5) is 0 Å². The highest BCUT2D eigenvalue weighted by atomic mass is 16.5. The van der Waals surface area contributed by atoms with Gasteiger partial charge in [0, 0.05) is 44.2 Å². The molecule has 4 rings (SSSR count). The summed E-state index contributed by atoms with van der Waals surface area (Å²) in [5.74, 6) is 1.47. The van der Waals surface area contributed by atoms with Crippen LogP contribution in [0.25, 0.3) is 0 Å². The highest BCUT2D eigenvalue weighted by Crippen LogP contribution is 2.33. The summed E-state index contributed by atoms with van der Waals surface area (Å²) in [5.41, 5.74) is 1.46. The quantitative estimate of drug-likeness (QED) is 0.680. The van der Waals surface area contributed by atoms with E-state index in [2.05, 4.69) is 10.3 Å². The number of methoxy groups -OCH3 is 1.